The van der Waals surface area contributed by atoms with Crippen molar-refractivity contribution in [3.05, 3.63) is 23.8 Å². The molecule has 0 spiro atoms. The highest BCUT2D eigenvalue weighted by Gasteiger charge is 2.22. The Kier molecular flexibility index (Phi) is 4.09. The maximum atomic E-state index is 9.94. The topological polar surface area (TPSA) is 52.9 Å². The van der Waals surface area contributed by atoms with Gasteiger partial charge in [0, 0.05) is 24.3 Å². The molecule has 2 N–H and O–H groups in total. The van der Waals surface area contributed by atoms with E-state index in [9.17, 15) is 10.2 Å². The maximum absolute atomic E-state index is 9.94. The molecule has 0 bridgehead atoms. The number of benzene rings is 1. The molecule has 1 saturated heterocycles. The van der Waals surface area contributed by atoms with E-state index < -0.39 is 6.10 Å². The number of anilines is 1. The summed E-state index contributed by atoms with van der Waals surface area (Å²) in [6.07, 6.45) is 0.789. The first-order chi connectivity index (χ1) is 8.63. The van der Waals surface area contributed by atoms with Gasteiger partial charge in [-0.1, -0.05) is 6.07 Å². The molecule has 0 amide bonds. The summed E-state index contributed by atoms with van der Waals surface area (Å²) in [6.45, 7) is 3.38. The summed E-state index contributed by atoms with van der Waals surface area (Å²) in [5.74, 6) is 0.716. The van der Waals surface area contributed by atoms with Crippen LogP contribution in [0.3, 0.4) is 0 Å². The maximum Gasteiger partial charge on any atom is 0.126 e. The zero-order valence-electron chi connectivity index (χ0n) is 11.0. The second kappa shape index (κ2) is 5.59. The lowest BCUT2D eigenvalue weighted by Crippen LogP contribution is -2.36. The Hall–Kier alpha value is -1.26. The molecule has 1 aliphatic heterocycles. The molecule has 0 unspecified atom stereocenters. The van der Waals surface area contributed by atoms with Gasteiger partial charge in [-0.2, -0.15) is 0 Å². The largest absolute Gasteiger partial charge is 0.496 e. The van der Waals surface area contributed by atoms with Crippen LogP contribution in [0.2, 0.25) is 0 Å². The molecule has 1 fully saturated rings. The normalized spacial score (nSPS) is 18.8. The first-order valence-corrected chi connectivity index (χ1v) is 6.41. The zero-order chi connectivity index (χ0) is 13.1. The average molecular weight is 251 g/mol. The Bertz CT molecular complexity index is 398. The van der Waals surface area contributed by atoms with Crippen molar-refractivity contribution in [1.29, 1.82) is 0 Å². The van der Waals surface area contributed by atoms with Gasteiger partial charge in [-0.05, 0) is 31.9 Å². The minimum atomic E-state index is -0.567. The number of aliphatic hydroxyl groups excluding tert-OH is 2. The van der Waals surface area contributed by atoms with Crippen LogP contribution in [0.15, 0.2) is 18.2 Å². The monoisotopic (exact) mass is 251 g/mol. The highest BCUT2D eigenvalue weighted by Crippen LogP contribution is 2.35. The Balaban J connectivity index is 2.32. The first kappa shape index (κ1) is 13.2. The Morgan fingerprint density at radius 2 is 2.00 bits per heavy atom. The van der Waals surface area contributed by atoms with Crippen molar-refractivity contribution < 1.29 is 14.9 Å². The molecule has 1 aliphatic rings. The number of piperidine rings is 1. The predicted molar refractivity (Wildman–Crippen MR) is 71.1 cm³/mol. The number of aliphatic hydroxyl groups is 2. The van der Waals surface area contributed by atoms with E-state index in [0.29, 0.717) is 5.75 Å². The lowest BCUT2D eigenvalue weighted by Gasteiger charge is -2.33. The molecule has 1 aromatic rings. The van der Waals surface area contributed by atoms with Crippen LogP contribution < -0.4 is 9.64 Å². The summed E-state index contributed by atoms with van der Waals surface area (Å²) in [7, 11) is 1.62. The lowest BCUT2D eigenvalue weighted by atomic mass is 10.0. The van der Waals surface area contributed by atoms with Crippen LogP contribution in [0.25, 0.3) is 0 Å². The van der Waals surface area contributed by atoms with Gasteiger partial charge in [0.2, 0.25) is 0 Å². The number of nitrogens with zero attached hydrogens (tertiary/aromatic N) is 1. The van der Waals surface area contributed by atoms with Crippen LogP contribution >= 0.6 is 0 Å². The van der Waals surface area contributed by atoms with Crippen molar-refractivity contribution in [2.24, 2.45) is 0 Å². The average Bonchev–Trinajstić information content (AvgIpc) is 2.38. The highest BCUT2D eigenvalue weighted by atomic mass is 16.5. The Morgan fingerprint density at radius 1 is 1.33 bits per heavy atom. The van der Waals surface area contributed by atoms with E-state index in [1.165, 1.54) is 0 Å². The summed E-state index contributed by atoms with van der Waals surface area (Å²) in [5.41, 5.74) is 1.84. The van der Waals surface area contributed by atoms with E-state index >= 15 is 0 Å². The van der Waals surface area contributed by atoms with E-state index in [4.69, 9.17) is 4.74 Å². The number of ether oxygens (including phenoxy) is 1. The third-order valence-corrected chi connectivity index (χ3v) is 3.49. The molecule has 1 atom stereocenters. The van der Waals surface area contributed by atoms with Gasteiger partial charge in [-0.15, -0.1) is 0 Å². The van der Waals surface area contributed by atoms with Gasteiger partial charge >= 0.3 is 0 Å². The molecule has 1 heterocycles. The molecular weight excluding hydrogens is 230 g/mol. The fourth-order valence-electron chi connectivity index (χ4n) is 2.51. The van der Waals surface area contributed by atoms with Crippen molar-refractivity contribution in [2.45, 2.75) is 32.0 Å². The van der Waals surface area contributed by atoms with Crippen LogP contribution in [0.1, 0.15) is 31.4 Å². The lowest BCUT2D eigenvalue weighted by molar-refractivity contribution is 0.145. The molecule has 2 rings (SSSR count). The number of rotatable bonds is 3. The van der Waals surface area contributed by atoms with Gasteiger partial charge < -0.3 is 19.8 Å². The van der Waals surface area contributed by atoms with Crippen molar-refractivity contribution >= 4 is 5.69 Å². The number of methoxy groups -OCH3 is 1. The minimum Gasteiger partial charge on any atom is -0.496 e. The van der Waals surface area contributed by atoms with Crippen LogP contribution in [-0.2, 0) is 0 Å². The summed E-state index contributed by atoms with van der Waals surface area (Å²) in [4.78, 5) is 2.21. The van der Waals surface area contributed by atoms with E-state index in [1.54, 1.807) is 14.0 Å². The molecule has 0 saturated carbocycles. The van der Waals surface area contributed by atoms with Crippen LogP contribution in [-0.4, -0.2) is 36.5 Å². The minimum absolute atomic E-state index is 0.193. The fourth-order valence-corrected chi connectivity index (χ4v) is 2.51. The van der Waals surface area contributed by atoms with E-state index in [0.717, 1.165) is 37.2 Å². The number of hydrogen-bond donors (Lipinski definition) is 2. The smallest absolute Gasteiger partial charge is 0.126 e. The molecular formula is C14H21NO3. The fraction of sp³-hybridized carbons (Fsp3) is 0.571. The molecule has 100 valence electrons. The van der Waals surface area contributed by atoms with E-state index in [-0.39, 0.29) is 6.10 Å². The van der Waals surface area contributed by atoms with E-state index in [1.807, 2.05) is 18.2 Å². The van der Waals surface area contributed by atoms with Gasteiger partial charge in [-0.25, -0.2) is 0 Å². The van der Waals surface area contributed by atoms with Gasteiger partial charge in [-0.3, -0.25) is 0 Å². The first-order valence-electron chi connectivity index (χ1n) is 6.41. The van der Waals surface area contributed by atoms with Crippen LogP contribution in [0, 0.1) is 0 Å². The van der Waals surface area contributed by atoms with Crippen molar-refractivity contribution in [1.82, 2.24) is 0 Å². The quantitative estimate of drug-likeness (QED) is 0.858. The van der Waals surface area contributed by atoms with Gasteiger partial charge in [0.25, 0.3) is 0 Å². The second-order valence-corrected chi connectivity index (χ2v) is 4.79. The molecule has 1 aromatic carbocycles. The standard InChI is InChI=1S/C14H21NO3/c1-10(16)14-12(4-3-5-13(14)18-2)15-8-6-11(17)7-9-15/h3-5,10-11,16-17H,6-9H2,1-2H3/t10-/m0/s1. The number of hydrogen-bond acceptors (Lipinski definition) is 4. The SMILES string of the molecule is COc1cccc(N2CCC(O)CC2)c1[C@H](C)O. The van der Waals surface area contributed by atoms with Gasteiger partial charge in [0.05, 0.1) is 19.3 Å². The van der Waals surface area contributed by atoms with Crippen molar-refractivity contribution in [3.8, 4) is 5.75 Å². The Labute approximate surface area is 108 Å². The summed E-state index contributed by atoms with van der Waals surface area (Å²) >= 11 is 0. The molecule has 0 aliphatic carbocycles. The molecule has 4 heteroatoms. The van der Waals surface area contributed by atoms with Crippen LogP contribution in [0.5, 0.6) is 5.75 Å². The van der Waals surface area contributed by atoms with E-state index in [2.05, 4.69) is 4.90 Å². The predicted octanol–water partition coefficient (Wildman–Crippen LogP) is 1.71. The molecule has 0 radical (unpaired) electrons. The summed E-state index contributed by atoms with van der Waals surface area (Å²) < 4.78 is 5.32. The third-order valence-electron chi connectivity index (χ3n) is 3.49. The second-order valence-electron chi connectivity index (χ2n) is 4.79. The van der Waals surface area contributed by atoms with Gasteiger partial charge in [0.1, 0.15) is 5.75 Å². The zero-order valence-corrected chi connectivity index (χ0v) is 11.0. The van der Waals surface area contributed by atoms with Crippen LogP contribution in [0.4, 0.5) is 5.69 Å². The molecule has 0 aromatic heterocycles. The molecule has 4 nitrogen and oxygen atoms in total. The van der Waals surface area contributed by atoms with Crippen molar-refractivity contribution in [2.75, 3.05) is 25.1 Å². The summed E-state index contributed by atoms with van der Waals surface area (Å²) in [5, 5.41) is 19.5. The summed E-state index contributed by atoms with van der Waals surface area (Å²) in [6, 6.07) is 5.80. The third kappa shape index (κ3) is 2.60. The van der Waals surface area contributed by atoms with Crippen molar-refractivity contribution in [3.63, 3.8) is 0 Å². The van der Waals surface area contributed by atoms with Gasteiger partial charge in [0.15, 0.2) is 0 Å². The Morgan fingerprint density at radius 3 is 2.56 bits per heavy atom. The highest BCUT2D eigenvalue weighted by molar-refractivity contribution is 5.60. The molecule has 18 heavy (non-hydrogen) atoms.